The van der Waals surface area contributed by atoms with Crippen LogP contribution in [-0.2, 0) is 0 Å². The van der Waals surface area contributed by atoms with Crippen LogP contribution >= 0.6 is 22.7 Å². The summed E-state index contributed by atoms with van der Waals surface area (Å²) in [7, 11) is 0. The van der Waals surface area contributed by atoms with Crippen molar-refractivity contribution in [2.75, 3.05) is 0 Å². The lowest BCUT2D eigenvalue weighted by atomic mass is 10.0. The monoisotopic (exact) mass is 688 g/mol. The average molecular weight is 689 g/mol. The van der Waals surface area contributed by atoms with Gasteiger partial charge in [-0.3, -0.25) is 0 Å². The zero-order chi connectivity index (χ0) is 33.5. The van der Waals surface area contributed by atoms with E-state index in [1.807, 2.05) is 46.9 Å². The SMILES string of the molecule is c1ccc(C2=NC(c3cccc4sc5ccc6c7cc(-n8c9ccccc9c9ccccc98)ccc7sc6c5c34)NC(c3ccccc3)=N2)cc1. The molecule has 0 aliphatic carbocycles. The first-order valence-electron chi connectivity index (χ1n) is 17.1. The molecule has 10 aromatic rings. The van der Waals surface area contributed by atoms with Crippen LogP contribution in [0.25, 0.3) is 67.8 Å². The van der Waals surface area contributed by atoms with Gasteiger partial charge in [0.05, 0.1) is 11.0 Å². The molecule has 0 radical (unpaired) electrons. The Morgan fingerprint density at radius 3 is 1.94 bits per heavy atom. The lowest BCUT2D eigenvalue weighted by molar-refractivity contribution is 0.680. The van der Waals surface area contributed by atoms with E-state index in [-0.39, 0.29) is 6.17 Å². The molecular weight excluding hydrogens is 661 g/mol. The number of hydrogen-bond acceptors (Lipinski definition) is 5. The van der Waals surface area contributed by atoms with Crippen LogP contribution in [0.15, 0.2) is 168 Å². The third-order valence-corrected chi connectivity index (χ3v) is 12.4. The van der Waals surface area contributed by atoms with Crippen molar-refractivity contribution in [3.63, 3.8) is 0 Å². The fourth-order valence-corrected chi connectivity index (χ4v) is 10.2. The van der Waals surface area contributed by atoms with E-state index < -0.39 is 0 Å². The van der Waals surface area contributed by atoms with Crippen LogP contribution in [0.5, 0.6) is 0 Å². The van der Waals surface area contributed by atoms with Gasteiger partial charge in [-0.25, -0.2) is 9.98 Å². The highest BCUT2D eigenvalue weighted by atomic mass is 32.1. The summed E-state index contributed by atoms with van der Waals surface area (Å²) in [4.78, 5) is 10.3. The van der Waals surface area contributed by atoms with Crippen molar-refractivity contribution in [3.05, 3.63) is 174 Å². The molecule has 3 aromatic heterocycles. The second-order valence-electron chi connectivity index (χ2n) is 13.0. The molecular formula is C45H28N4S2. The summed E-state index contributed by atoms with van der Waals surface area (Å²) in [5.41, 5.74) is 6.83. The quantitative estimate of drug-likeness (QED) is 0.196. The van der Waals surface area contributed by atoms with Crippen molar-refractivity contribution in [1.82, 2.24) is 9.88 Å². The molecule has 7 aromatic carbocycles. The van der Waals surface area contributed by atoms with E-state index in [9.17, 15) is 0 Å². The molecule has 0 saturated carbocycles. The number of nitrogens with zero attached hydrogens (tertiary/aromatic N) is 3. The van der Waals surface area contributed by atoms with Gasteiger partial charge in [-0.1, -0.05) is 115 Å². The van der Waals surface area contributed by atoms with Gasteiger partial charge in [-0.2, -0.15) is 0 Å². The van der Waals surface area contributed by atoms with E-state index in [1.54, 1.807) is 0 Å². The second kappa shape index (κ2) is 11.2. The second-order valence-corrected chi connectivity index (χ2v) is 15.1. The van der Waals surface area contributed by atoms with E-state index in [0.29, 0.717) is 0 Å². The highest BCUT2D eigenvalue weighted by Gasteiger charge is 2.25. The van der Waals surface area contributed by atoms with Gasteiger partial charge in [0.2, 0.25) is 0 Å². The van der Waals surface area contributed by atoms with Crippen molar-refractivity contribution in [1.29, 1.82) is 0 Å². The summed E-state index contributed by atoms with van der Waals surface area (Å²) < 4.78 is 7.57. The number of benzene rings is 7. The van der Waals surface area contributed by atoms with Gasteiger partial charge in [0, 0.05) is 73.5 Å². The van der Waals surface area contributed by atoms with Crippen LogP contribution in [0.2, 0.25) is 0 Å². The summed E-state index contributed by atoms with van der Waals surface area (Å²) in [5, 5.41) is 11.4. The van der Waals surface area contributed by atoms with Gasteiger partial charge in [-0.05, 0) is 42.5 Å². The van der Waals surface area contributed by atoms with E-state index in [1.165, 1.54) is 67.8 Å². The molecule has 6 heteroatoms. The zero-order valence-corrected chi connectivity index (χ0v) is 28.9. The summed E-state index contributed by atoms with van der Waals surface area (Å²) >= 11 is 3.75. The lowest BCUT2D eigenvalue weighted by Gasteiger charge is -2.24. The number of nitrogens with one attached hydrogen (secondary N) is 1. The number of aliphatic imine (C=N–C) groups is 2. The Hall–Kier alpha value is -6.08. The fourth-order valence-electron chi connectivity index (χ4n) is 7.79. The standard InChI is InChI=1S/C45H28N4S2/c1-3-12-27(13-4-1)43-46-44(28-14-5-2-6-15-28)48-45(47-43)33-18-11-21-38-40(33)41-39(50-38)25-23-32-34-26-29(22-24-37(34)51-42(32)41)49-35-19-9-7-16-30(35)31-17-8-10-20-36(31)49/h1-26,45H,(H,46,47,48). The van der Waals surface area contributed by atoms with Crippen LogP contribution in [-0.4, -0.2) is 16.2 Å². The largest absolute Gasteiger partial charge is 0.344 e. The first-order chi connectivity index (χ1) is 25.3. The Morgan fingerprint density at radius 1 is 0.510 bits per heavy atom. The maximum atomic E-state index is 5.27. The molecule has 1 aliphatic rings. The predicted octanol–water partition coefficient (Wildman–Crippen LogP) is 12.0. The molecule has 1 atom stereocenters. The summed E-state index contributed by atoms with van der Waals surface area (Å²) in [6, 6.07) is 56.4. The third-order valence-electron chi connectivity index (χ3n) is 10.1. The maximum Gasteiger partial charge on any atom is 0.159 e. The van der Waals surface area contributed by atoms with Gasteiger partial charge in [-0.15, -0.1) is 22.7 Å². The minimum atomic E-state index is -0.305. The molecule has 0 saturated heterocycles. The molecule has 4 heterocycles. The number of amidine groups is 2. The van der Waals surface area contributed by atoms with Crippen LogP contribution in [0.3, 0.4) is 0 Å². The highest BCUT2D eigenvalue weighted by Crippen LogP contribution is 2.47. The lowest BCUT2D eigenvalue weighted by Crippen LogP contribution is -2.33. The topological polar surface area (TPSA) is 41.7 Å². The molecule has 0 fully saturated rings. The molecule has 51 heavy (non-hydrogen) atoms. The van der Waals surface area contributed by atoms with Gasteiger partial charge in [0.25, 0.3) is 0 Å². The number of rotatable bonds is 4. The molecule has 4 nitrogen and oxygen atoms in total. The zero-order valence-electron chi connectivity index (χ0n) is 27.2. The summed E-state index contributed by atoms with van der Waals surface area (Å²) in [6.45, 7) is 0. The summed E-state index contributed by atoms with van der Waals surface area (Å²) in [5.74, 6) is 1.56. The Bertz CT molecular complexity index is 3000. The van der Waals surface area contributed by atoms with Crippen LogP contribution in [0.4, 0.5) is 0 Å². The maximum absolute atomic E-state index is 5.27. The van der Waals surface area contributed by atoms with Crippen LogP contribution in [0, 0.1) is 0 Å². The molecule has 11 rings (SSSR count). The van der Waals surface area contributed by atoms with Crippen molar-refractivity contribution in [3.8, 4) is 5.69 Å². The first-order valence-corrected chi connectivity index (χ1v) is 18.7. The number of aromatic nitrogens is 1. The minimum absolute atomic E-state index is 0.305. The highest BCUT2D eigenvalue weighted by molar-refractivity contribution is 7.29. The third kappa shape index (κ3) is 4.43. The van der Waals surface area contributed by atoms with Crippen molar-refractivity contribution in [2.24, 2.45) is 9.98 Å². The molecule has 0 spiro atoms. The Labute approximate surface area is 301 Å². The van der Waals surface area contributed by atoms with E-state index in [2.05, 4.69) is 143 Å². The van der Waals surface area contributed by atoms with Gasteiger partial charge < -0.3 is 9.88 Å². The molecule has 1 N–H and O–H groups in total. The Morgan fingerprint density at radius 2 is 1.18 bits per heavy atom. The van der Waals surface area contributed by atoms with E-state index >= 15 is 0 Å². The van der Waals surface area contributed by atoms with Crippen molar-refractivity contribution in [2.45, 2.75) is 6.17 Å². The number of para-hydroxylation sites is 2. The van der Waals surface area contributed by atoms with Gasteiger partial charge in [0.15, 0.2) is 5.84 Å². The molecule has 240 valence electrons. The summed E-state index contributed by atoms with van der Waals surface area (Å²) in [6.07, 6.45) is -0.305. The molecule has 0 amide bonds. The average Bonchev–Trinajstić information content (AvgIpc) is 3.87. The predicted molar refractivity (Wildman–Crippen MR) is 218 cm³/mol. The molecule has 1 unspecified atom stereocenters. The van der Waals surface area contributed by atoms with Crippen LogP contribution in [0.1, 0.15) is 22.9 Å². The first kappa shape index (κ1) is 28.7. The van der Waals surface area contributed by atoms with Crippen LogP contribution < -0.4 is 5.32 Å². The normalized spacial score (nSPS) is 14.9. The smallest absolute Gasteiger partial charge is 0.159 e. The number of thiophene rings is 2. The minimum Gasteiger partial charge on any atom is -0.344 e. The van der Waals surface area contributed by atoms with Crippen molar-refractivity contribution < 1.29 is 0 Å². The van der Waals surface area contributed by atoms with E-state index in [0.717, 1.165) is 28.4 Å². The Kier molecular flexibility index (Phi) is 6.32. The van der Waals surface area contributed by atoms with Gasteiger partial charge in [0.1, 0.15) is 12.0 Å². The number of fused-ring (bicyclic) bond motifs is 10. The van der Waals surface area contributed by atoms with E-state index in [4.69, 9.17) is 9.98 Å². The number of hydrogen-bond donors (Lipinski definition) is 1. The molecule has 1 aliphatic heterocycles. The van der Waals surface area contributed by atoms with Crippen molar-refractivity contribution >= 4 is 96.5 Å². The van der Waals surface area contributed by atoms with Gasteiger partial charge >= 0.3 is 0 Å². The molecule has 0 bridgehead atoms. The fraction of sp³-hybridized carbons (Fsp3) is 0.0222. The Balaban J connectivity index is 1.12.